The maximum atomic E-state index is 7.86. The standard InChI is InChI=1S/C86H73B2N5O/c1-83(2)54-85(5,6)67-46-61(42-44-65(67)83)92-73-40-26-24-38-69(73)87-71-52-72-79(53-75(71)91(60-36-22-13-23-37-60)76-48-63(49-77(92)81(76)87)89(56-28-14-9-15-29-56)57-30-16-10-17-31-57)94-80-51-64(90(58-32-18-11-19-33-58)59-34-20-12-21-35-59)50-78-82(80)88(72)70-39-25-27-41-74(70)93(78)62-43-45-66-68(47-62)86(7,8)55-84(66,3)4/h9-53H,54-55H2,1-8H3. The summed E-state index contributed by atoms with van der Waals surface area (Å²) in [5, 5.41) is 0. The summed E-state index contributed by atoms with van der Waals surface area (Å²) in [7, 11) is 0. The summed E-state index contributed by atoms with van der Waals surface area (Å²) in [5.41, 5.74) is 29.7. The summed E-state index contributed by atoms with van der Waals surface area (Å²) >= 11 is 0. The molecule has 8 heteroatoms. The fourth-order valence-electron chi connectivity index (χ4n) is 18.2. The van der Waals surface area contributed by atoms with Crippen molar-refractivity contribution in [3.05, 3.63) is 295 Å². The molecule has 12 aromatic carbocycles. The maximum absolute atomic E-state index is 7.86. The molecule has 6 aliphatic rings. The van der Waals surface area contributed by atoms with Crippen molar-refractivity contribution < 1.29 is 4.74 Å². The molecule has 4 heterocycles. The summed E-state index contributed by atoms with van der Waals surface area (Å²) in [6.45, 7) is 19.0. The second-order valence-electron chi connectivity index (χ2n) is 29.5. The van der Waals surface area contributed by atoms with Crippen LogP contribution in [0.15, 0.2) is 273 Å². The topological polar surface area (TPSA) is 25.4 Å². The predicted octanol–water partition coefficient (Wildman–Crippen LogP) is 19.0. The van der Waals surface area contributed by atoms with Gasteiger partial charge in [0.15, 0.2) is 0 Å². The highest BCUT2D eigenvalue weighted by atomic mass is 16.5. The van der Waals surface area contributed by atoms with Gasteiger partial charge in [-0.15, -0.1) is 0 Å². The van der Waals surface area contributed by atoms with Gasteiger partial charge >= 0.3 is 0 Å². The molecule has 18 rings (SSSR count). The number of hydrogen-bond donors (Lipinski definition) is 0. The fraction of sp³-hybridized carbons (Fsp3) is 0.163. The highest BCUT2D eigenvalue weighted by Crippen LogP contribution is 2.56. The number of hydrogen-bond acceptors (Lipinski definition) is 6. The lowest BCUT2D eigenvalue weighted by atomic mass is 9.30. The van der Waals surface area contributed by atoms with E-state index in [2.05, 4.69) is 353 Å². The van der Waals surface area contributed by atoms with Crippen LogP contribution in [0, 0.1) is 0 Å². The van der Waals surface area contributed by atoms with E-state index in [1.165, 1.54) is 55.5 Å². The van der Waals surface area contributed by atoms with Crippen LogP contribution in [0.3, 0.4) is 0 Å². The molecule has 0 unspecified atom stereocenters. The van der Waals surface area contributed by atoms with Gasteiger partial charge in [0.05, 0.1) is 11.4 Å². The van der Waals surface area contributed by atoms with E-state index in [0.29, 0.717) is 0 Å². The second-order valence-corrected chi connectivity index (χ2v) is 29.5. The van der Waals surface area contributed by atoms with Crippen LogP contribution in [0.2, 0.25) is 0 Å². The SMILES string of the molecule is CC1(C)CC(C)(C)c2cc(N3c4ccccc4B4c5cc6c(cc5Oc5cc(N(c7ccccc7)c7ccccc7)cc3c54)N(c3ccccc3)c3cc(N(c4ccccc4)c4ccccc4)cc4c3B6c3ccccc3N4c3ccc4c(c3)C(C)(C)CC4(C)C)ccc21. The van der Waals surface area contributed by atoms with Crippen molar-refractivity contribution in [2.24, 2.45) is 0 Å². The molecule has 0 bridgehead atoms. The molecule has 0 saturated carbocycles. The molecule has 0 amide bonds. The molecule has 0 fully saturated rings. The molecule has 0 atom stereocenters. The molecular weight excluding hydrogens is 1140 g/mol. The Morgan fingerprint density at radius 1 is 0.277 bits per heavy atom. The van der Waals surface area contributed by atoms with E-state index in [-0.39, 0.29) is 35.1 Å². The zero-order valence-electron chi connectivity index (χ0n) is 54.7. The normalized spacial score (nSPS) is 16.3. The highest BCUT2D eigenvalue weighted by Gasteiger charge is 2.50. The molecule has 6 nitrogen and oxygen atoms in total. The number of rotatable bonds is 9. The summed E-state index contributed by atoms with van der Waals surface area (Å²) in [4.78, 5) is 12.5. The monoisotopic (exact) mass is 1210 g/mol. The Hall–Kier alpha value is -10.4. The third-order valence-corrected chi connectivity index (χ3v) is 21.5. The minimum atomic E-state index is -0.180. The van der Waals surface area contributed by atoms with Crippen molar-refractivity contribution in [2.75, 3.05) is 24.5 Å². The molecule has 0 radical (unpaired) electrons. The lowest BCUT2D eigenvalue weighted by Gasteiger charge is -2.46. The van der Waals surface area contributed by atoms with Crippen molar-refractivity contribution in [3.63, 3.8) is 0 Å². The Labute approximate surface area is 554 Å². The van der Waals surface area contributed by atoms with E-state index in [0.717, 1.165) is 109 Å². The van der Waals surface area contributed by atoms with Gasteiger partial charge in [0, 0.05) is 86.1 Å². The van der Waals surface area contributed by atoms with E-state index in [1.807, 2.05) is 0 Å². The molecule has 12 aromatic rings. The number of benzene rings is 12. The van der Waals surface area contributed by atoms with Crippen LogP contribution in [-0.4, -0.2) is 13.4 Å². The van der Waals surface area contributed by atoms with Gasteiger partial charge in [-0.05, 0) is 205 Å². The average molecular weight is 1210 g/mol. The number of fused-ring (bicyclic) bond motifs is 10. The molecule has 0 spiro atoms. The van der Waals surface area contributed by atoms with Crippen molar-refractivity contribution in [2.45, 2.75) is 89.9 Å². The first-order valence-electron chi connectivity index (χ1n) is 33.6. The molecule has 0 saturated heterocycles. The van der Waals surface area contributed by atoms with Crippen molar-refractivity contribution in [3.8, 4) is 11.5 Å². The van der Waals surface area contributed by atoms with Crippen molar-refractivity contribution in [1.29, 1.82) is 0 Å². The summed E-state index contributed by atoms with van der Waals surface area (Å²) in [6.07, 6.45) is 2.17. The van der Waals surface area contributed by atoms with Crippen LogP contribution in [0.1, 0.15) is 90.5 Å². The highest BCUT2D eigenvalue weighted by molar-refractivity contribution is 7.02. The second kappa shape index (κ2) is 20.5. The zero-order chi connectivity index (χ0) is 63.6. The third-order valence-electron chi connectivity index (χ3n) is 21.5. The number of para-hydroxylation sites is 7. The van der Waals surface area contributed by atoms with Gasteiger partial charge in [0.1, 0.15) is 11.5 Å². The molecule has 0 aromatic heterocycles. The summed E-state index contributed by atoms with van der Waals surface area (Å²) < 4.78 is 7.86. The molecule has 454 valence electrons. The minimum absolute atomic E-state index is 0.00658. The molecular formula is C86H73B2N5O. The third kappa shape index (κ3) is 8.50. The van der Waals surface area contributed by atoms with Crippen LogP contribution in [0.5, 0.6) is 11.5 Å². The molecule has 94 heavy (non-hydrogen) atoms. The lowest BCUT2D eigenvalue weighted by molar-refractivity contribution is 0.402. The predicted molar refractivity (Wildman–Crippen MR) is 397 cm³/mol. The molecule has 0 N–H and O–H groups in total. The first-order chi connectivity index (χ1) is 45.6. The zero-order valence-corrected chi connectivity index (χ0v) is 54.7. The lowest BCUT2D eigenvalue weighted by Crippen LogP contribution is -2.64. The van der Waals surface area contributed by atoms with E-state index in [9.17, 15) is 0 Å². The Bertz CT molecular complexity index is 4970. The van der Waals surface area contributed by atoms with Crippen molar-refractivity contribution >= 4 is 132 Å². The van der Waals surface area contributed by atoms with Crippen LogP contribution in [0.4, 0.5) is 85.3 Å². The fourth-order valence-corrected chi connectivity index (χ4v) is 18.2. The molecule has 2 aliphatic carbocycles. The van der Waals surface area contributed by atoms with E-state index in [4.69, 9.17) is 4.74 Å². The smallest absolute Gasteiger partial charge is 0.256 e. The maximum Gasteiger partial charge on any atom is 0.256 e. The van der Waals surface area contributed by atoms with Gasteiger partial charge in [0.25, 0.3) is 13.4 Å². The summed E-state index contributed by atoms with van der Waals surface area (Å²) in [6, 6.07) is 102. The van der Waals surface area contributed by atoms with Gasteiger partial charge in [-0.3, -0.25) is 0 Å². The Balaban J connectivity index is 0.912. The van der Waals surface area contributed by atoms with Crippen molar-refractivity contribution in [1.82, 2.24) is 0 Å². The Morgan fingerprint density at radius 2 is 0.649 bits per heavy atom. The van der Waals surface area contributed by atoms with Crippen LogP contribution < -0.4 is 62.0 Å². The number of anilines is 15. The van der Waals surface area contributed by atoms with Gasteiger partial charge in [-0.2, -0.15) is 0 Å². The van der Waals surface area contributed by atoms with Gasteiger partial charge in [0.2, 0.25) is 0 Å². The summed E-state index contributed by atoms with van der Waals surface area (Å²) in [5.74, 6) is 1.69. The molecule has 4 aliphatic heterocycles. The van der Waals surface area contributed by atoms with E-state index >= 15 is 0 Å². The Morgan fingerprint density at radius 3 is 1.11 bits per heavy atom. The van der Waals surface area contributed by atoms with Gasteiger partial charge < -0.3 is 29.2 Å². The van der Waals surface area contributed by atoms with Crippen LogP contribution >= 0.6 is 0 Å². The number of nitrogens with zero attached hydrogens (tertiary/aromatic N) is 5. The van der Waals surface area contributed by atoms with Crippen LogP contribution in [-0.2, 0) is 21.7 Å². The quantitative estimate of drug-likeness (QED) is 0.134. The minimum Gasteiger partial charge on any atom is -0.458 e. The Kier molecular flexibility index (Phi) is 12.3. The van der Waals surface area contributed by atoms with Crippen LogP contribution in [0.25, 0.3) is 0 Å². The largest absolute Gasteiger partial charge is 0.458 e. The average Bonchev–Trinajstić information content (AvgIpc) is 0.866. The first kappa shape index (κ1) is 56.3. The number of ether oxygens (including phenoxy) is 1. The van der Waals surface area contributed by atoms with E-state index < -0.39 is 0 Å². The van der Waals surface area contributed by atoms with Gasteiger partial charge in [-0.1, -0.05) is 201 Å². The van der Waals surface area contributed by atoms with Gasteiger partial charge in [-0.25, -0.2) is 0 Å². The van der Waals surface area contributed by atoms with E-state index in [1.54, 1.807) is 0 Å². The first-order valence-corrected chi connectivity index (χ1v) is 33.6.